The molecule has 0 radical (unpaired) electrons. The van der Waals surface area contributed by atoms with Gasteiger partial charge in [-0.15, -0.1) is 0 Å². The number of nitrogens with two attached hydrogens (primary N) is 1. The first-order valence-corrected chi connectivity index (χ1v) is 5.82. The highest BCUT2D eigenvalue weighted by atomic mass is 16.5. The molecule has 0 aromatic carbocycles. The van der Waals surface area contributed by atoms with Crippen molar-refractivity contribution in [2.24, 2.45) is 5.73 Å². The fourth-order valence-electron chi connectivity index (χ4n) is 2.34. The van der Waals surface area contributed by atoms with Crippen LogP contribution in [0.3, 0.4) is 0 Å². The summed E-state index contributed by atoms with van der Waals surface area (Å²) in [4.78, 5) is 2.37. The Morgan fingerprint density at radius 1 is 1.56 bits per heavy atom. The Morgan fingerprint density at radius 3 is 2.94 bits per heavy atom. The molecule has 90 valence electrons. The molecule has 2 rings (SSSR count). The Hall–Kier alpha value is -0.840. The lowest BCUT2D eigenvalue weighted by atomic mass is 10.0. The molecule has 1 aliphatic rings. The van der Waals surface area contributed by atoms with Crippen molar-refractivity contribution in [3.63, 3.8) is 0 Å². The van der Waals surface area contributed by atoms with Gasteiger partial charge in [0.25, 0.3) is 0 Å². The average Bonchev–Trinajstić information content (AvgIpc) is 2.74. The van der Waals surface area contributed by atoms with Crippen LogP contribution in [0, 0.1) is 0 Å². The third-order valence-corrected chi connectivity index (χ3v) is 3.11. The Bertz CT molecular complexity index is 311. The number of ether oxygens (including phenoxy) is 1. The van der Waals surface area contributed by atoms with Crippen molar-refractivity contribution in [3.8, 4) is 0 Å². The molecule has 1 fully saturated rings. The molecule has 16 heavy (non-hydrogen) atoms. The van der Waals surface area contributed by atoms with E-state index in [1.807, 2.05) is 19.1 Å². The molecule has 0 saturated carbocycles. The lowest BCUT2D eigenvalue weighted by Crippen LogP contribution is -2.50. The molecule has 0 spiro atoms. The van der Waals surface area contributed by atoms with Gasteiger partial charge in [0, 0.05) is 18.6 Å². The Kier molecular flexibility index (Phi) is 3.63. The van der Waals surface area contributed by atoms with E-state index in [0.29, 0.717) is 6.04 Å². The largest absolute Gasteiger partial charge is 0.468 e. The summed E-state index contributed by atoms with van der Waals surface area (Å²) in [5.41, 5.74) is 6.08. The minimum Gasteiger partial charge on any atom is -0.468 e. The Labute approximate surface area is 96.4 Å². The van der Waals surface area contributed by atoms with E-state index in [1.54, 1.807) is 6.26 Å². The monoisotopic (exact) mass is 224 g/mol. The molecule has 3 unspecified atom stereocenters. The molecule has 2 N–H and O–H groups in total. The second kappa shape index (κ2) is 4.99. The average molecular weight is 224 g/mol. The van der Waals surface area contributed by atoms with Crippen LogP contribution in [0.5, 0.6) is 0 Å². The summed E-state index contributed by atoms with van der Waals surface area (Å²) in [5.74, 6) is 0.948. The van der Waals surface area contributed by atoms with E-state index in [2.05, 4.69) is 11.8 Å². The van der Waals surface area contributed by atoms with Crippen LogP contribution in [0.4, 0.5) is 0 Å². The summed E-state index contributed by atoms with van der Waals surface area (Å²) in [7, 11) is 0. The fraction of sp³-hybridized carbons (Fsp3) is 0.667. The smallest absolute Gasteiger partial charge is 0.122 e. The summed E-state index contributed by atoms with van der Waals surface area (Å²) >= 11 is 0. The first kappa shape index (κ1) is 11.6. The van der Waals surface area contributed by atoms with Crippen molar-refractivity contribution in [3.05, 3.63) is 24.2 Å². The molecule has 3 atom stereocenters. The number of nitrogens with zero attached hydrogens (tertiary/aromatic N) is 1. The van der Waals surface area contributed by atoms with Crippen molar-refractivity contribution in [2.45, 2.75) is 32.0 Å². The Balaban J connectivity index is 2.18. The summed E-state index contributed by atoms with van der Waals surface area (Å²) in [6, 6.07) is 4.49. The van der Waals surface area contributed by atoms with E-state index in [0.717, 1.165) is 25.5 Å². The van der Waals surface area contributed by atoms with Gasteiger partial charge in [-0.25, -0.2) is 0 Å². The second-order valence-corrected chi connectivity index (χ2v) is 4.48. The van der Waals surface area contributed by atoms with E-state index >= 15 is 0 Å². The molecule has 2 heterocycles. The molecule has 0 bridgehead atoms. The van der Waals surface area contributed by atoms with Crippen LogP contribution in [-0.4, -0.2) is 36.7 Å². The molecule has 1 aliphatic heterocycles. The van der Waals surface area contributed by atoms with Gasteiger partial charge in [0.1, 0.15) is 5.76 Å². The maximum absolute atomic E-state index is 6.08. The van der Waals surface area contributed by atoms with Gasteiger partial charge in [-0.05, 0) is 26.0 Å². The summed E-state index contributed by atoms with van der Waals surface area (Å²) in [6.07, 6.45) is 1.70. The van der Waals surface area contributed by atoms with Gasteiger partial charge in [-0.3, -0.25) is 4.90 Å². The van der Waals surface area contributed by atoms with E-state index < -0.39 is 0 Å². The molecule has 0 amide bonds. The summed E-state index contributed by atoms with van der Waals surface area (Å²) in [6.45, 7) is 6.64. The maximum atomic E-state index is 6.08. The quantitative estimate of drug-likeness (QED) is 0.843. The number of hydrogen-bond donors (Lipinski definition) is 1. The second-order valence-electron chi connectivity index (χ2n) is 4.48. The van der Waals surface area contributed by atoms with Crippen LogP contribution in [-0.2, 0) is 4.74 Å². The normalized spacial score (nSPS) is 26.6. The van der Waals surface area contributed by atoms with Gasteiger partial charge >= 0.3 is 0 Å². The number of morpholine rings is 1. The van der Waals surface area contributed by atoms with Gasteiger partial charge in [0.05, 0.1) is 25.5 Å². The van der Waals surface area contributed by atoms with Crippen molar-refractivity contribution in [1.82, 2.24) is 4.90 Å². The van der Waals surface area contributed by atoms with Crippen LogP contribution in [0.2, 0.25) is 0 Å². The molecular weight excluding hydrogens is 204 g/mol. The third kappa shape index (κ3) is 2.29. The summed E-state index contributed by atoms with van der Waals surface area (Å²) < 4.78 is 10.9. The highest BCUT2D eigenvalue weighted by Crippen LogP contribution is 2.27. The van der Waals surface area contributed by atoms with Gasteiger partial charge in [0.15, 0.2) is 0 Å². The highest BCUT2D eigenvalue weighted by molar-refractivity contribution is 5.08. The van der Waals surface area contributed by atoms with Crippen LogP contribution < -0.4 is 5.73 Å². The van der Waals surface area contributed by atoms with Crippen molar-refractivity contribution in [1.29, 1.82) is 0 Å². The molecular formula is C12H20N2O2. The number of furan rings is 1. The predicted molar refractivity (Wildman–Crippen MR) is 62.1 cm³/mol. The zero-order valence-electron chi connectivity index (χ0n) is 9.93. The fourth-order valence-corrected chi connectivity index (χ4v) is 2.34. The first-order chi connectivity index (χ1) is 7.70. The summed E-state index contributed by atoms with van der Waals surface area (Å²) in [5, 5.41) is 0. The number of hydrogen-bond acceptors (Lipinski definition) is 4. The topological polar surface area (TPSA) is 51.6 Å². The van der Waals surface area contributed by atoms with Crippen molar-refractivity contribution < 1.29 is 9.15 Å². The lowest BCUT2D eigenvalue weighted by Gasteiger charge is -2.40. The zero-order chi connectivity index (χ0) is 11.5. The van der Waals surface area contributed by atoms with Crippen LogP contribution in [0.15, 0.2) is 22.8 Å². The molecule has 1 saturated heterocycles. The molecule has 1 aromatic rings. The van der Waals surface area contributed by atoms with E-state index in [9.17, 15) is 0 Å². The van der Waals surface area contributed by atoms with Gasteiger partial charge in [-0.1, -0.05) is 0 Å². The third-order valence-electron chi connectivity index (χ3n) is 3.11. The van der Waals surface area contributed by atoms with Crippen LogP contribution in [0.1, 0.15) is 25.6 Å². The number of rotatable bonds is 3. The maximum Gasteiger partial charge on any atom is 0.122 e. The van der Waals surface area contributed by atoms with E-state index in [-0.39, 0.29) is 12.1 Å². The molecule has 1 aromatic heterocycles. The lowest BCUT2D eigenvalue weighted by molar-refractivity contribution is -0.0312. The minimum absolute atomic E-state index is 0.0479. The standard InChI is InChI=1S/C12H20N2O2/c1-9-8-15-7-5-14(9)12(10(2)13)11-4-3-6-16-11/h3-4,6,9-10,12H,5,7-8,13H2,1-2H3. The van der Waals surface area contributed by atoms with Crippen molar-refractivity contribution in [2.75, 3.05) is 19.8 Å². The van der Waals surface area contributed by atoms with E-state index in [1.165, 1.54) is 0 Å². The first-order valence-electron chi connectivity index (χ1n) is 5.82. The SMILES string of the molecule is CC(N)C(c1ccco1)N1CCOCC1C. The molecule has 4 heteroatoms. The Morgan fingerprint density at radius 2 is 2.38 bits per heavy atom. The highest BCUT2D eigenvalue weighted by Gasteiger charge is 2.31. The van der Waals surface area contributed by atoms with Gasteiger partial charge < -0.3 is 14.9 Å². The predicted octanol–water partition coefficient (Wildman–Crippen LogP) is 1.39. The minimum atomic E-state index is 0.0479. The van der Waals surface area contributed by atoms with Gasteiger partial charge in [-0.2, -0.15) is 0 Å². The molecule has 0 aliphatic carbocycles. The van der Waals surface area contributed by atoms with Gasteiger partial charge in [0.2, 0.25) is 0 Å². The zero-order valence-corrected chi connectivity index (χ0v) is 9.93. The molecule has 4 nitrogen and oxygen atoms in total. The van der Waals surface area contributed by atoms with Crippen LogP contribution >= 0.6 is 0 Å². The van der Waals surface area contributed by atoms with E-state index in [4.69, 9.17) is 14.9 Å². The van der Waals surface area contributed by atoms with Crippen molar-refractivity contribution >= 4 is 0 Å². The van der Waals surface area contributed by atoms with Crippen LogP contribution in [0.25, 0.3) is 0 Å².